The van der Waals surface area contributed by atoms with Gasteiger partial charge in [0.2, 0.25) is 5.75 Å². The Labute approximate surface area is 213 Å². The molecule has 2 aliphatic rings. The maximum absolute atomic E-state index is 13.2. The Morgan fingerprint density at radius 1 is 0.946 bits per heavy atom. The quantitative estimate of drug-likeness (QED) is 0.337. The number of carbonyl (C=O) groups is 1. The van der Waals surface area contributed by atoms with Crippen LogP contribution < -0.4 is 19.5 Å². The number of fused-ring (bicyclic) bond motifs is 2. The zero-order chi connectivity index (χ0) is 26.3. The van der Waals surface area contributed by atoms with Crippen molar-refractivity contribution in [1.82, 2.24) is 0 Å². The van der Waals surface area contributed by atoms with Gasteiger partial charge < -0.3 is 34.5 Å². The lowest BCUT2D eigenvalue weighted by Gasteiger charge is -2.40. The van der Waals surface area contributed by atoms with Crippen LogP contribution in [0.15, 0.2) is 48.5 Å². The molecule has 1 unspecified atom stereocenters. The van der Waals surface area contributed by atoms with E-state index in [9.17, 15) is 15.0 Å². The van der Waals surface area contributed by atoms with Gasteiger partial charge in [0.25, 0.3) is 0 Å². The number of carbonyl (C=O) groups excluding carboxylic acids is 1. The minimum Gasteiger partial charge on any atom is -0.504 e. The molecular weight excluding hydrogens is 476 g/mol. The predicted molar refractivity (Wildman–Crippen MR) is 133 cm³/mol. The van der Waals surface area contributed by atoms with Crippen LogP contribution in [0.25, 0.3) is 0 Å². The molecule has 190 valence electrons. The third-order valence-corrected chi connectivity index (χ3v) is 7.17. The van der Waals surface area contributed by atoms with E-state index in [2.05, 4.69) is 11.4 Å². The number of aromatic hydroxyl groups is 2. The number of benzene rings is 3. The monoisotopic (exact) mass is 502 g/mol. The molecule has 37 heavy (non-hydrogen) atoms. The fraction of sp³-hybridized carbons (Fsp3) is 0.286. The molecule has 0 aromatic heterocycles. The van der Waals surface area contributed by atoms with E-state index < -0.39 is 17.9 Å². The lowest BCUT2D eigenvalue weighted by Crippen LogP contribution is -2.37. The first-order valence-corrected chi connectivity index (χ1v) is 11.7. The molecule has 3 aromatic carbocycles. The second kappa shape index (κ2) is 9.47. The zero-order valence-corrected chi connectivity index (χ0v) is 20.5. The number of nitriles is 1. The molecule has 0 saturated carbocycles. The summed E-state index contributed by atoms with van der Waals surface area (Å²) >= 11 is 0. The summed E-state index contributed by atoms with van der Waals surface area (Å²) in [6.45, 7) is 0.180. The summed E-state index contributed by atoms with van der Waals surface area (Å²) in [5.74, 6) is -1.02. The van der Waals surface area contributed by atoms with Gasteiger partial charge in [-0.05, 0) is 65.2 Å². The van der Waals surface area contributed by atoms with E-state index in [1.54, 1.807) is 36.4 Å². The standard InChI is InChI=1S/C28H26N2O7/c1-34-22-8-15(9-23(35-2)27(22)36-3)24-17-10-20(31)21(32)11-18(17)26(19-13-37-28(33)25(19)24)30-16-6-4-14(12-29)5-7-16/h4-11,19,24-26,30-32H,13H2,1-3H3/t19-,24+,25-,26?/m0/s1. The second-order valence-electron chi connectivity index (χ2n) is 9.04. The lowest BCUT2D eigenvalue weighted by molar-refractivity contribution is -0.141. The maximum Gasteiger partial charge on any atom is 0.310 e. The third-order valence-electron chi connectivity index (χ3n) is 7.17. The van der Waals surface area contributed by atoms with Gasteiger partial charge in [0.1, 0.15) is 0 Å². The van der Waals surface area contributed by atoms with E-state index >= 15 is 0 Å². The number of nitrogens with zero attached hydrogens (tertiary/aromatic N) is 1. The zero-order valence-electron chi connectivity index (χ0n) is 20.5. The van der Waals surface area contributed by atoms with E-state index in [4.69, 9.17) is 24.2 Å². The highest BCUT2D eigenvalue weighted by Gasteiger charge is 2.52. The van der Waals surface area contributed by atoms with Crippen LogP contribution in [-0.2, 0) is 9.53 Å². The number of hydrogen-bond acceptors (Lipinski definition) is 9. The summed E-state index contributed by atoms with van der Waals surface area (Å²) in [6.07, 6.45) is 0. The topological polar surface area (TPSA) is 130 Å². The molecule has 1 heterocycles. The van der Waals surface area contributed by atoms with Gasteiger partial charge in [-0.2, -0.15) is 5.26 Å². The summed E-state index contributed by atoms with van der Waals surface area (Å²) in [7, 11) is 4.55. The van der Waals surface area contributed by atoms with Gasteiger partial charge in [-0.15, -0.1) is 0 Å². The summed E-state index contributed by atoms with van der Waals surface area (Å²) in [6, 6.07) is 15.3. The number of phenols is 2. The summed E-state index contributed by atoms with van der Waals surface area (Å²) < 4.78 is 22.1. The highest BCUT2D eigenvalue weighted by Crippen LogP contribution is 2.55. The van der Waals surface area contributed by atoms with Crippen LogP contribution in [-0.4, -0.2) is 44.1 Å². The molecule has 1 aliphatic carbocycles. The average molecular weight is 503 g/mol. The Bertz CT molecular complexity index is 1370. The summed E-state index contributed by atoms with van der Waals surface area (Å²) in [4.78, 5) is 13.2. The van der Waals surface area contributed by atoms with E-state index in [1.165, 1.54) is 33.5 Å². The number of esters is 1. The van der Waals surface area contributed by atoms with Crippen LogP contribution in [0.4, 0.5) is 5.69 Å². The molecule has 3 N–H and O–H groups in total. The Morgan fingerprint density at radius 2 is 1.57 bits per heavy atom. The highest BCUT2D eigenvalue weighted by molar-refractivity contribution is 5.79. The van der Waals surface area contributed by atoms with Crippen LogP contribution in [0.1, 0.15) is 34.2 Å². The second-order valence-corrected chi connectivity index (χ2v) is 9.04. The van der Waals surface area contributed by atoms with Crippen molar-refractivity contribution in [3.63, 3.8) is 0 Å². The van der Waals surface area contributed by atoms with Crippen molar-refractivity contribution >= 4 is 11.7 Å². The van der Waals surface area contributed by atoms with Crippen molar-refractivity contribution in [3.05, 3.63) is 70.8 Å². The van der Waals surface area contributed by atoms with Gasteiger partial charge in [-0.25, -0.2) is 0 Å². The molecule has 3 aromatic rings. The predicted octanol–water partition coefficient (Wildman–Crippen LogP) is 4.08. The molecule has 5 rings (SSSR count). The molecule has 0 amide bonds. The number of cyclic esters (lactones) is 1. The van der Waals surface area contributed by atoms with Crippen molar-refractivity contribution < 1.29 is 34.0 Å². The van der Waals surface area contributed by atoms with Crippen LogP contribution in [0.2, 0.25) is 0 Å². The average Bonchev–Trinajstić information content (AvgIpc) is 3.30. The first kappa shape index (κ1) is 24.1. The molecule has 1 fully saturated rings. The molecule has 1 saturated heterocycles. The fourth-order valence-electron chi connectivity index (χ4n) is 5.48. The van der Waals surface area contributed by atoms with E-state index in [0.29, 0.717) is 33.9 Å². The van der Waals surface area contributed by atoms with Crippen LogP contribution >= 0.6 is 0 Å². The maximum atomic E-state index is 13.2. The lowest BCUT2D eigenvalue weighted by atomic mass is 9.65. The third kappa shape index (κ3) is 4.00. The van der Waals surface area contributed by atoms with Crippen molar-refractivity contribution in [2.45, 2.75) is 12.0 Å². The number of hydrogen-bond donors (Lipinski definition) is 3. The first-order chi connectivity index (χ1) is 17.9. The highest BCUT2D eigenvalue weighted by atomic mass is 16.5. The van der Waals surface area contributed by atoms with Gasteiger partial charge in [0.05, 0.1) is 51.5 Å². The van der Waals surface area contributed by atoms with Crippen LogP contribution in [0.5, 0.6) is 28.7 Å². The Hall–Kier alpha value is -4.58. The largest absolute Gasteiger partial charge is 0.504 e. The van der Waals surface area contributed by atoms with E-state index in [0.717, 1.165) is 11.3 Å². The number of nitrogens with one attached hydrogen (secondary N) is 1. The molecule has 0 spiro atoms. The summed E-state index contributed by atoms with van der Waals surface area (Å²) in [5.41, 5.74) is 3.36. The molecule has 1 aliphatic heterocycles. The Morgan fingerprint density at radius 3 is 2.14 bits per heavy atom. The first-order valence-electron chi connectivity index (χ1n) is 11.7. The number of rotatable bonds is 6. The molecule has 9 heteroatoms. The minimum absolute atomic E-state index is 0.180. The summed E-state index contributed by atoms with van der Waals surface area (Å²) in [5, 5.41) is 33.5. The Balaban J connectivity index is 1.69. The smallest absolute Gasteiger partial charge is 0.310 e. The number of ether oxygens (including phenoxy) is 4. The van der Waals surface area contributed by atoms with Crippen LogP contribution in [0.3, 0.4) is 0 Å². The Kier molecular flexibility index (Phi) is 6.17. The molecule has 0 bridgehead atoms. The van der Waals surface area contributed by atoms with Gasteiger partial charge in [-0.1, -0.05) is 0 Å². The van der Waals surface area contributed by atoms with Crippen molar-refractivity contribution in [2.24, 2.45) is 11.8 Å². The van der Waals surface area contributed by atoms with Crippen molar-refractivity contribution in [1.29, 1.82) is 5.26 Å². The molecule has 4 atom stereocenters. The van der Waals surface area contributed by atoms with Gasteiger partial charge in [0, 0.05) is 17.5 Å². The number of phenolic OH excluding ortho intramolecular Hbond substituents is 2. The van der Waals surface area contributed by atoms with E-state index in [1.807, 2.05) is 0 Å². The number of methoxy groups -OCH3 is 3. The van der Waals surface area contributed by atoms with Crippen molar-refractivity contribution in [2.75, 3.05) is 33.3 Å². The van der Waals surface area contributed by atoms with Crippen molar-refractivity contribution in [3.8, 4) is 34.8 Å². The molecule has 0 radical (unpaired) electrons. The van der Waals surface area contributed by atoms with E-state index in [-0.39, 0.29) is 30.0 Å². The van der Waals surface area contributed by atoms with Gasteiger partial charge in [0.15, 0.2) is 23.0 Å². The van der Waals surface area contributed by atoms with Gasteiger partial charge in [-0.3, -0.25) is 4.79 Å². The molecule has 9 nitrogen and oxygen atoms in total. The molecular formula is C28H26N2O7. The SMILES string of the molecule is COc1cc([C@@H]2c3cc(O)c(O)cc3C(Nc3ccc(C#N)cc3)[C@H]3COC(=O)[C@H]23)cc(OC)c1OC. The normalized spacial score (nSPS) is 21.7. The minimum atomic E-state index is -0.588. The van der Waals surface area contributed by atoms with Gasteiger partial charge >= 0.3 is 5.97 Å². The number of anilines is 1. The fourth-order valence-corrected chi connectivity index (χ4v) is 5.48. The van der Waals surface area contributed by atoms with Crippen LogP contribution in [0, 0.1) is 23.2 Å².